The van der Waals surface area contributed by atoms with E-state index < -0.39 is 0 Å². The van der Waals surface area contributed by atoms with E-state index in [2.05, 4.69) is 12.2 Å². The minimum absolute atomic E-state index is 0.249. The minimum atomic E-state index is 0.249. The van der Waals surface area contributed by atoms with E-state index in [0.717, 1.165) is 36.5 Å². The van der Waals surface area contributed by atoms with E-state index in [1.807, 2.05) is 29.2 Å². The third-order valence-corrected chi connectivity index (χ3v) is 3.59. The minimum Gasteiger partial charge on any atom is -0.335 e. The second-order valence-electron chi connectivity index (χ2n) is 4.98. The number of rotatable bonds is 7. The molecule has 0 aromatic heterocycles. The first-order valence-electron chi connectivity index (χ1n) is 6.95. The maximum absolute atomic E-state index is 12.2. The predicted octanol–water partition coefficient (Wildman–Crippen LogP) is 2.83. The molecule has 1 aliphatic carbocycles. The van der Waals surface area contributed by atoms with Crippen molar-refractivity contribution < 1.29 is 4.79 Å². The number of hydrogen-bond donors (Lipinski definition) is 1. The highest BCUT2D eigenvalue weighted by atomic mass is 35.5. The summed E-state index contributed by atoms with van der Waals surface area (Å²) < 4.78 is 0. The van der Waals surface area contributed by atoms with Gasteiger partial charge in [0.15, 0.2) is 0 Å². The maximum Gasteiger partial charge on any atom is 0.224 e. The molecule has 1 aromatic carbocycles. The second-order valence-corrected chi connectivity index (χ2v) is 5.42. The first-order chi connectivity index (χ1) is 9.20. The van der Waals surface area contributed by atoms with Gasteiger partial charge in [-0.1, -0.05) is 30.7 Å². The van der Waals surface area contributed by atoms with Crippen molar-refractivity contribution in [2.24, 2.45) is 0 Å². The standard InChI is InChI=1S/C15H21ClN2O/c1-2-17-10-9-15(19)18(14-7-8-14)11-12-3-5-13(16)6-4-12/h3-6,14,17H,2,7-11H2,1H3. The summed E-state index contributed by atoms with van der Waals surface area (Å²) in [5.41, 5.74) is 1.15. The first kappa shape index (κ1) is 14.4. The number of halogens is 1. The molecule has 0 saturated heterocycles. The Morgan fingerprint density at radius 2 is 2.05 bits per heavy atom. The fourth-order valence-corrected chi connectivity index (χ4v) is 2.24. The van der Waals surface area contributed by atoms with Crippen LogP contribution in [0.4, 0.5) is 0 Å². The summed E-state index contributed by atoms with van der Waals surface area (Å²) in [4.78, 5) is 14.2. The first-order valence-corrected chi connectivity index (χ1v) is 7.33. The van der Waals surface area contributed by atoms with Crippen molar-refractivity contribution in [1.29, 1.82) is 0 Å². The lowest BCUT2D eigenvalue weighted by atomic mass is 10.2. The lowest BCUT2D eigenvalue weighted by Gasteiger charge is -2.22. The topological polar surface area (TPSA) is 32.3 Å². The average Bonchev–Trinajstić information content (AvgIpc) is 3.22. The highest BCUT2D eigenvalue weighted by Crippen LogP contribution is 2.29. The van der Waals surface area contributed by atoms with E-state index >= 15 is 0 Å². The maximum atomic E-state index is 12.2. The number of hydrogen-bond acceptors (Lipinski definition) is 2. The third-order valence-electron chi connectivity index (χ3n) is 3.34. The van der Waals surface area contributed by atoms with Crippen LogP contribution in [0.2, 0.25) is 5.02 Å². The van der Waals surface area contributed by atoms with Gasteiger partial charge in [-0.25, -0.2) is 0 Å². The van der Waals surface area contributed by atoms with Crippen LogP contribution in [0.15, 0.2) is 24.3 Å². The normalized spacial score (nSPS) is 14.4. The number of nitrogens with zero attached hydrogens (tertiary/aromatic N) is 1. The van der Waals surface area contributed by atoms with Crippen LogP contribution < -0.4 is 5.32 Å². The third kappa shape index (κ3) is 4.51. The molecular formula is C15H21ClN2O. The summed E-state index contributed by atoms with van der Waals surface area (Å²) in [6.45, 7) is 4.43. The Bertz CT molecular complexity index is 415. The molecule has 1 amide bonds. The van der Waals surface area contributed by atoms with Crippen LogP contribution in [0.5, 0.6) is 0 Å². The number of nitrogens with one attached hydrogen (secondary N) is 1. The SMILES string of the molecule is CCNCCC(=O)N(Cc1ccc(Cl)cc1)C1CC1. The summed E-state index contributed by atoms with van der Waals surface area (Å²) in [6.07, 6.45) is 2.86. The van der Waals surface area contributed by atoms with E-state index in [4.69, 9.17) is 11.6 Å². The van der Waals surface area contributed by atoms with Gasteiger partial charge in [0, 0.05) is 30.6 Å². The van der Waals surface area contributed by atoms with E-state index in [9.17, 15) is 4.79 Å². The molecule has 1 saturated carbocycles. The van der Waals surface area contributed by atoms with Gasteiger partial charge in [0.2, 0.25) is 5.91 Å². The Balaban J connectivity index is 1.92. The van der Waals surface area contributed by atoms with Crippen LogP contribution in [0, 0.1) is 0 Å². The molecule has 1 aromatic rings. The van der Waals surface area contributed by atoms with Crippen molar-refractivity contribution in [3.05, 3.63) is 34.9 Å². The monoisotopic (exact) mass is 280 g/mol. The molecular weight excluding hydrogens is 260 g/mol. The molecule has 19 heavy (non-hydrogen) atoms. The molecule has 1 fully saturated rings. The average molecular weight is 281 g/mol. The van der Waals surface area contributed by atoms with Gasteiger partial charge < -0.3 is 10.2 Å². The molecule has 1 N–H and O–H groups in total. The zero-order valence-corrected chi connectivity index (χ0v) is 12.1. The summed E-state index contributed by atoms with van der Waals surface area (Å²) in [5, 5.41) is 3.94. The Morgan fingerprint density at radius 1 is 1.37 bits per heavy atom. The summed E-state index contributed by atoms with van der Waals surface area (Å²) in [5.74, 6) is 0.249. The Kier molecular flexibility index (Phi) is 5.23. The molecule has 0 atom stereocenters. The number of benzene rings is 1. The van der Waals surface area contributed by atoms with Crippen molar-refractivity contribution in [1.82, 2.24) is 10.2 Å². The van der Waals surface area contributed by atoms with E-state index in [1.165, 1.54) is 0 Å². The van der Waals surface area contributed by atoms with Crippen molar-refractivity contribution in [2.45, 2.75) is 38.8 Å². The van der Waals surface area contributed by atoms with Gasteiger partial charge >= 0.3 is 0 Å². The molecule has 4 heteroatoms. The summed E-state index contributed by atoms with van der Waals surface area (Å²) in [6, 6.07) is 8.20. The molecule has 1 aliphatic rings. The highest BCUT2D eigenvalue weighted by molar-refractivity contribution is 6.30. The van der Waals surface area contributed by atoms with Crippen molar-refractivity contribution >= 4 is 17.5 Å². The highest BCUT2D eigenvalue weighted by Gasteiger charge is 2.31. The second kappa shape index (κ2) is 6.92. The number of amides is 1. The van der Waals surface area contributed by atoms with Crippen molar-refractivity contribution in [3.8, 4) is 0 Å². The van der Waals surface area contributed by atoms with Gasteiger partial charge in [0.25, 0.3) is 0 Å². The van der Waals surface area contributed by atoms with E-state index in [1.54, 1.807) is 0 Å². The summed E-state index contributed by atoms with van der Waals surface area (Å²) >= 11 is 5.88. The zero-order chi connectivity index (χ0) is 13.7. The molecule has 0 aliphatic heterocycles. The Morgan fingerprint density at radius 3 is 2.63 bits per heavy atom. The van der Waals surface area contributed by atoms with Gasteiger partial charge in [-0.05, 0) is 37.1 Å². The van der Waals surface area contributed by atoms with Crippen LogP contribution in [-0.4, -0.2) is 29.9 Å². The lowest BCUT2D eigenvalue weighted by Crippen LogP contribution is -2.34. The molecule has 0 spiro atoms. The van der Waals surface area contributed by atoms with Crippen LogP contribution >= 0.6 is 11.6 Å². The molecule has 104 valence electrons. The fraction of sp³-hybridized carbons (Fsp3) is 0.533. The van der Waals surface area contributed by atoms with Crippen molar-refractivity contribution in [3.63, 3.8) is 0 Å². The number of carbonyl (C=O) groups is 1. The molecule has 2 rings (SSSR count). The Hall–Kier alpha value is -1.06. The molecule has 0 heterocycles. The molecule has 0 unspecified atom stereocenters. The molecule has 0 radical (unpaired) electrons. The molecule has 0 bridgehead atoms. The number of carbonyl (C=O) groups excluding carboxylic acids is 1. The largest absolute Gasteiger partial charge is 0.335 e. The van der Waals surface area contributed by atoms with Gasteiger partial charge in [-0.2, -0.15) is 0 Å². The van der Waals surface area contributed by atoms with Gasteiger partial charge in [-0.15, -0.1) is 0 Å². The predicted molar refractivity (Wildman–Crippen MR) is 78.2 cm³/mol. The van der Waals surface area contributed by atoms with Gasteiger partial charge in [0.05, 0.1) is 0 Å². The van der Waals surface area contributed by atoms with Crippen LogP contribution in [-0.2, 0) is 11.3 Å². The van der Waals surface area contributed by atoms with Crippen LogP contribution in [0.1, 0.15) is 31.7 Å². The lowest BCUT2D eigenvalue weighted by molar-refractivity contribution is -0.132. The van der Waals surface area contributed by atoms with E-state index in [0.29, 0.717) is 19.0 Å². The van der Waals surface area contributed by atoms with Crippen LogP contribution in [0.3, 0.4) is 0 Å². The quantitative estimate of drug-likeness (QED) is 0.779. The van der Waals surface area contributed by atoms with Crippen molar-refractivity contribution in [2.75, 3.05) is 13.1 Å². The fourth-order valence-electron chi connectivity index (χ4n) is 2.11. The van der Waals surface area contributed by atoms with Gasteiger partial charge in [0.1, 0.15) is 0 Å². The smallest absolute Gasteiger partial charge is 0.224 e. The molecule has 3 nitrogen and oxygen atoms in total. The van der Waals surface area contributed by atoms with E-state index in [-0.39, 0.29) is 5.91 Å². The zero-order valence-electron chi connectivity index (χ0n) is 11.4. The van der Waals surface area contributed by atoms with Crippen LogP contribution in [0.25, 0.3) is 0 Å². The Labute approximate surface area is 119 Å². The van der Waals surface area contributed by atoms with Gasteiger partial charge in [-0.3, -0.25) is 4.79 Å². The summed E-state index contributed by atoms with van der Waals surface area (Å²) in [7, 11) is 0.